The van der Waals surface area contributed by atoms with Gasteiger partial charge in [0.2, 0.25) is 0 Å². The molecule has 2 heterocycles. The second kappa shape index (κ2) is 4.97. The predicted molar refractivity (Wildman–Crippen MR) is 89.4 cm³/mol. The first kappa shape index (κ1) is 13.2. The summed E-state index contributed by atoms with van der Waals surface area (Å²) in [4.78, 5) is 13.5. The Hall–Kier alpha value is -1.76. The van der Waals surface area contributed by atoms with Gasteiger partial charge in [0.1, 0.15) is 11.5 Å². The lowest BCUT2D eigenvalue weighted by Gasteiger charge is -2.08. The molecule has 5 heteroatoms. The van der Waals surface area contributed by atoms with Gasteiger partial charge in [-0.15, -0.1) is 0 Å². The molecule has 1 aromatic carbocycles. The monoisotopic (exact) mass is 376 g/mol. The molecule has 0 saturated carbocycles. The molecule has 0 bridgehead atoms. The first-order valence-corrected chi connectivity index (χ1v) is 7.30. The number of hydrogen-bond acceptors (Lipinski definition) is 4. The van der Waals surface area contributed by atoms with E-state index >= 15 is 0 Å². The number of nitrogens with zero attached hydrogens (tertiary/aromatic N) is 3. The highest BCUT2D eigenvalue weighted by Crippen LogP contribution is 2.24. The molecule has 0 unspecified atom stereocenters. The number of pyridine rings is 1. The molecule has 0 fully saturated rings. The number of hydrogen-bond donors (Lipinski definition) is 1. The SMILES string of the molecule is Cc1nc(-c2cc(C)c3ccccc3n2)nc(N)c1I. The van der Waals surface area contributed by atoms with Crippen molar-refractivity contribution in [2.45, 2.75) is 13.8 Å². The van der Waals surface area contributed by atoms with Gasteiger partial charge in [-0.25, -0.2) is 15.0 Å². The minimum Gasteiger partial charge on any atom is -0.383 e. The fraction of sp³-hybridized carbons (Fsp3) is 0.133. The van der Waals surface area contributed by atoms with Crippen LogP contribution in [0.15, 0.2) is 30.3 Å². The highest BCUT2D eigenvalue weighted by molar-refractivity contribution is 14.1. The van der Waals surface area contributed by atoms with Crippen molar-refractivity contribution in [2.75, 3.05) is 5.73 Å². The molecule has 2 N–H and O–H groups in total. The molecule has 0 aliphatic carbocycles. The van der Waals surface area contributed by atoms with Crippen LogP contribution in [0.2, 0.25) is 0 Å². The summed E-state index contributed by atoms with van der Waals surface area (Å²) in [6.45, 7) is 3.99. The van der Waals surface area contributed by atoms with Crippen LogP contribution in [0.1, 0.15) is 11.3 Å². The molecule has 0 amide bonds. The third-order valence-electron chi connectivity index (χ3n) is 3.19. The van der Waals surface area contributed by atoms with Crippen LogP contribution in [0, 0.1) is 17.4 Å². The van der Waals surface area contributed by atoms with Crippen molar-refractivity contribution in [3.63, 3.8) is 0 Å². The van der Waals surface area contributed by atoms with Gasteiger partial charge in [-0.05, 0) is 54.1 Å². The van der Waals surface area contributed by atoms with Gasteiger partial charge in [0.25, 0.3) is 0 Å². The number of anilines is 1. The van der Waals surface area contributed by atoms with E-state index in [0.717, 1.165) is 31.4 Å². The number of aromatic nitrogens is 3. The van der Waals surface area contributed by atoms with Crippen molar-refractivity contribution in [3.8, 4) is 11.5 Å². The average molecular weight is 376 g/mol. The summed E-state index contributed by atoms with van der Waals surface area (Å²) >= 11 is 2.16. The standard InChI is InChI=1S/C15H13IN4/c1-8-7-12(19-11-6-4-3-5-10(8)11)15-18-9(2)13(16)14(17)20-15/h3-7H,1-2H3,(H2,17,18,20). The van der Waals surface area contributed by atoms with Crippen molar-refractivity contribution in [1.29, 1.82) is 0 Å². The maximum absolute atomic E-state index is 5.92. The van der Waals surface area contributed by atoms with Crippen LogP contribution < -0.4 is 5.73 Å². The lowest BCUT2D eigenvalue weighted by Crippen LogP contribution is -2.03. The Morgan fingerprint density at radius 1 is 1.05 bits per heavy atom. The van der Waals surface area contributed by atoms with Crippen LogP contribution in [0.5, 0.6) is 0 Å². The minimum atomic E-state index is 0.501. The number of para-hydroxylation sites is 1. The van der Waals surface area contributed by atoms with Gasteiger partial charge in [0.05, 0.1) is 14.8 Å². The minimum absolute atomic E-state index is 0.501. The van der Waals surface area contributed by atoms with Gasteiger partial charge < -0.3 is 5.73 Å². The molecule has 0 spiro atoms. The molecule has 3 aromatic rings. The molecule has 0 radical (unpaired) electrons. The maximum atomic E-state index is 5.92. The number of nitrogen functional groups attached to an aromatic ring is 1. The zero-order valence-electron chi connectivity index (χ0n) is 11.2. The van der Waals surface area contributed by atoms with E-state index in [2.05, 4.69) is 50.5 Å². The number of nitrogens with two attached hydrogens (primary N) is 1. The third-order valence-corrected chi connectivity index (χ3v) is 4.53. The fourth-order valence-corrected chi connectivity index (χ4v) is 2.40. The molecule has 3 rings (SSSR count). The zero-order valence-corrected chi connectivity index (χ0v) is 13.3. The first-order chi connectivity index (χ1) is 9.56. The summed E-state index contributed by atoms with van der Waals surface area (Å²) < 4.78 is 0.892. The summed E-state index contributed by atoms with van der Waals surface area (Å²) in [6.07, 6.45) is 0. The molecular formula is C15H13IN4. The topological polar surface area (TPSA) is 64.7 Å². The maximum Gasteiger partial charge on any atom is 0.180 e. The summed E-state index contributed by atoms with van der Waals surface area (Å²) in [7, 11) is 0. The fourth-order valence-electron chi connectivity index (χ4n) is 2.16. The van der Waals surface area contributed by atoms with E-state index in [0.29, 0.717) is 11.6 Å². The van der Waals surface area contributed by atoms with Crippen molar-refractivity contribution < 1.29 is 0 Å². The van der Waals surface area contributed by atoms with Crippen LogP contribution in [-0.4, -0.2) is 15.0 Å². The van der Waals surface area contributed by atoms with E-state index in [1.165, 1.54) is 0 Å². The third kappa shape index (κ3) is 2.22. The van der Waals surface area contributed by atoms with Crippen molar-refractivity contribution in [2.24, 2.45) is 0 Å². The molecule has 100 valence electrons. The van der Waals surface area contributed by atoms with Crippen LogP contribution in [0.25, 0.3) is 22.4 Å². The number of benzene rings is 1. The highest BCUT2D eigenvalue weighted by Gasteiger charge is 2.11. The lowest BCUT2D eigenvalue weighted by atomic mass is 10.1. The van der Waals surface area contributed by atoms with Crippen molar-refractivity contribution >= 4 is 39.3 Å². The normalized spacial score (nSPS) is 10.9. The van der Waals surface area contributed by atoms with Gasteiger partial charge in [-0.1, -0.05) is 18.2 Å². The second-order valence-corrected chi connectivity index (χ2v) is 5.75. The van der Waals surface area contributed by atoms with Gasteiger partial charge in [-0.2, -0.15) is 0 Å². The van der Waals surface area contributed by atoms with E-state index in [9.17, 15) is 0 Å². The number of halogens is 1. The van der Waals surface area contributed by atoms with Gasteiger partial charge >= 0.3 is 0 Å². The molecule has 0 aliphatic heterocycles. The molecule has 0 saturated heterocycles. The van der Waals surface area contributed by atoms with E-state index < -0.39 is 0 Å². The summed E-state index contributed by atoms with van der Waals surface area (Å²) in [5, 5.41) is 1.14. The molecule has 20 heavy (non-hydrogen) atoms. The Morgan fingerprint density at radius 2 is 1.80 bits per heavy atom. The number of aryl methyl sites for hydroxylation is 2. The largest absolute Gasteiger partial charge is 0.383 e. The molecule has 0 atom stereocenters. The molecule has 0 aliphatic rings. The van der Waals surface area contributed by atoms with E-state index in [1.54, 1.807) is 0 Å². The van der Waals surface area contributed by atoms with Crippen molar-refractivity contribution in [1.82, 2.24) is 15.0 Å². The number of fused-ring (bicyclic) bond motifs is 1. The summed E-state index contributed by atoms with van der Waals surface area (Å²) in [6, 6.07) is 10.1. The Morgan fingerprint density at radius 3 is 2.55 bits per heavy atom. The van der Waals surface area contributed by atoms with Crippen molar-refractivity contribution in [3.05, 3.63) is 45.2 Å². The van der Waals surface area contributed by atoms with Crippen LogP contribution >= 0.6 is 22.6 Å². The quantitative estimate of drug-likeness (QED) is 0.661. The predicted octanol–water partition coefficient (Wildman–Crippen LogP) is 3.50. The Labute approximate surface area is 130 Å². The highest BCUT2D eigenvalue weighted by atomic mass is 127. The average Bonchev–Trinajstić information content (AvgIpc) is 2.44. The van der Waals surface area contributed by atoms with Crippen LogP contribution in [0.3, 0.4) is 0 Å². The van der Waals surface area contributed by atoms with E-state index in [-0.39, 0.29) is 0 Å². The molecule has 2 aromatic heterocycles. The zero-order chi connectivity index (χ0) is 14.3. The second-order valence-electron chi connectivity index (χ2n) is 4.67. The Kier molecular flexibility index (Phi) is 3.29. The summed E-state index contributed by atoms with van der Waals surface area (Å²) in [5.41, 5.74) is 9.66. The summed E-state index contributed by atoms with van der Waals surface area (Å²) in [5.74, 6) is 1.08. The molecule has 4 nitrogen and oxygen atoms in total. The number of rotatable bonds is 1. The lowest BCUT2D eigenvalue weighted by molar-refractivity contribution is 1.08. The van der Waals surface area contributed by atoms with Crippen LogP contribution in [0.4, 0.5) is 5.82 Å². The van der Waals surface area contributed by atoms with Crippen LogP contribution in [-0.2, 0) is 0 Å². The van der Waals surface area contributed by atoms with Gasteiger partial charge in [-0.3, -0.25) is 0 Å². The Bertz CT molecular complexity index is 791. The van der Waals surface area contributed by atoms with Gasteiger partial charge in [0, 0.05) is 5.39 Å². The van der Waals surface area contributed by atoms with Gasteiger partial charge in [0.15, 0.2) is 5.82 Å². The Balaban J connectivity index is 2.25. The van der Waals surface area contributed by atoms with E-state index in [4.69, 9.17) is 5.73 Å². The first-order valence-electron chi connectivity index (χ1n) is 6.22. The smallest absolute Gasteiger partial charge is 0.180 e. The molecular weight excluding hydrogens is 363 g/mol. The van der Waals surface area contributed by atoms with E-state index in [1.807, 2.05) is 31.2 Å².